The van der Waals surface area contributed by atoms with Gasteiger partial charge in [-0.05, 0) is 37.6 Å². The minimum atomic E-state index is -0.859. The molecule has 0 amide bonds. The molecule has 0 aliphatic carbocycles. The molecule has 0 unspecified atom stereocenters. The van der Waals surface area contributed by atoms with Crippen LogP contribution in [0.5, 0.6) is 0 Å². The summed E-state index contributed by atoms with van der Waals surface area (Å²) in [6.07, 6.45) is 0.315. The summed E-state index contributed by atoms with van der Waals surface area (Å²) in [6.45, 7) is 4.08. The summed E-state index contributed by atoms with van der Waals surface area (Å²) in [5, 5.41) is 21.4. The molecule has 0 fully saturated rings. The second kappa shape index (κ2) is 5.55. The standard InChI is InChI=1S/C16H16N4O2/c1-10-3-4-11(2)12(9-10)13-5-6-14-17-18-15(20(14)19-13)7-8-16(21)22/h3-6,9H,7-8H2,1-2H3,(H,21,22). The average Bonchev–Trinajstić information content (AvgIpc) is 2.90. The van der Waals surface area contributed by atoms with Gasteiger partial charge >= 0.3 is 5.97 Å². The molecule has 22 heavy (non-hydrogen) atoms. The van der Waals surface area contributed by atoms with Crippen molar-refractivity contribution >= 4 is 11.6 Å². The Labute approximate surface area is 127 Å². The van der Waals surface area contributed by atoms with E-state index in [1.807, 2.05) is 26.0 Å². The minimum absolute atomic E-state index is 0.0101. The van der Waals surface area contributed by atoms with Crippen molar-refractivity contribution in [3.05, 3.63) is 47.3 Å². The molecule has 0 atom stereocenters. The number of aliphatic carboxylic acids is 1. The van der Waals surface area contributed by atoms with Gasteiger partial charge in [-0.25, -0.2) is 0 Å². The highest BCUT2D eigenvalue weighted by Gasteiger charge is 2.11. The molecule has 6 heteroatoms. The van der Waals surface area contributed by atoms with Gasteiger partial charge in [-0.2, -0.15) is 9.61 Å². The number of carboxylic acids is 1. The van der Waals surface area contributed by atoms with Crippen LogP contribution >= 0.6 is 0 Å². The van der Waals surface area contributed by atoms with Gasteiger partial charge < -0.3 is 5.11 Å². The zero-order chi connectivity index (χ0) is 15.7. The fourth-order valence-electron chi connectivity index (χ4n) is 2.36. The fourth-order valence-corrected chi connectivity index (χ4v) is 2.36. The van der Waals surface area contributed by atoms with Gasteiger partial charge in [0.25, 0.3) is 0 Å². The largest absolute Gasteiger partial charge is 0.481 e. The molecule has 2 aromatic heterocycles. The maximum atomic E-state index is 10.7. The highest BCUT2D eigenvalue weighted by Crippen LogP contribution is 2.23. The van der Waals surface area contributed by atoms with Crippen molar-refractivity contribution in [1.82, 2.24) is 19.8 Å². The first-order chi connectivity index (χ1) is 10.5. The fraction of sp³-hybridized carbons (Fsp3) is 0.250. The van der Waals surface area contributed by atoms with Gasteiger partial charge in [0.1, 0.15) is 0 Å². The summed E-state index contributed by atoms with van der Waals surface area (Å²) in [5.41, 5.74) is 4.80. The predicted molar refractivity (Wildman–Crippen MR) is 81.6 cm³/mol. The molecule has 1 N–H and O–H groups in total. The lowest BCUT2D eigenvalue weighted by Crippen LogP contribution is -2.04. The molecule has 0 saturated carbocycles. The van der Waals surface area contributed by atoms with Crippen molar-refractivity contribution < 1.29 is 9.90 Å². The highest BCUT2D eigenvalue weighted by atomic mass is 16.4. The van der Waals surface area contributed by atoms with Gasteiger partial charge in [-0.1, -0.05) is 17.7 Å². The number of carbonyl (C=O) groups is 1. The van der Waals surface area contributed by atoms with Crippen molar-refractivity contribution in [2.24, 2.45) is 0 Å². The Morgan fingerprint density at radius 2 is 2.00 bits per heavy atom. The molecule has 0 aliphatic rings. The van der Waals surface area contributed by atoms with E-state index in [1.165, 1.54) is 0 Å². The van der Waals surface area contributed by atoms with E-state index < -0.39 is 5.97 Å². The zero-order valence-corrected chi connectivity index (χ0v) is 12.4. The van der Waals surface area contributed by atoms with Gasteiger partial charge in [-0.3, -0.25) is 4.79 Å². The third-order valence-electron chi connectivity index (χ3n) is 3.56. The number of hydrogen-bond donors (Lipinski definition) is 1. The molecule has 0 saturated heterocycles. The predicted octanol–water partition coefficient (Wildman–Crippen LogP) is 2.43. The molecule has 0 bridgehead atoms. The minimum Gasteiger partial charge on any atom is -0.481 e. The van der Waals surface area contributed by atoms with E-state index in [0.29, 0.717) is 17.9 Å². The van der Waals surface area contributed by atoms with E-state index in [0.717, 1.165) is 22.4 Å². The monoisotopic (exact) mass is 296 g/mol. The van der Waals surface area contributed by atoms with Crippen LogP contribution in [0, 0.1) is 13.8 Å². The topological polar surface area (TPSA) is 80.4 Å². The van der Waals surface area contributed by atoms with E-state index in [9.17, 15) is 4.79 Å². The Kier molecular flexibility index (Phi) is 3.58. The quantitative estimate of drug-likeness (QED) is 0.799. The Morgan fingerprint density at radius 1 is 1.18 bits per heavy atom. The van der Waals surface area contributed by atoms with E-state index in [4.69, 9.17) is 5.11 Å². The summed E-state index contributed by atoms with van der Waals surface area (Å²) in [5.74, 6) is -0.299. The van der Waals surface area contributed by atoms with Gasteiger partial charge in [-0.15, -0.1) is 10.2 Å². The Balaban J connectivity index is 2.06. The summed E-state index contributed by atoms with van der Waals surface area (Å²) in [6, 6.07) is 9.97. The van der Waals surface area contributed by atoms with Crippen molar-refractivity contribution in [2.45, 2.75) is 26.7 Å². The SMILES string of the molecule is Cc1ccc(C)c(-c2ccc3nnc(CCC(=O)O)n3n2)c1. The lowest BCUT2D eigenvalue weighted by Gasteiger charge is -2.07. The van der Waals surface area contributed by atoms with Gasteiger partial charge in [0.05, 0.1) is 12.1 Å². The van der Waals surface area contributed by atoms with Crippen LogP contribution in [0.2, 0.25) is 0 Å². The smallest absolute Gasteiger partial charge is 0.303 e. The molecule has 3 rings (SSSR count). The molecule has 6 nitrogen and oxygen atoms in total. The Bertz CT molecular complexity index is 854. The molecular formula is C16H16N4O2. The highest BCUT2D eigenvalue weighted by molar-refractivity contribution is 5.67. The van der Waals surface area contributed by atoms with Gasteiger partial charge in [0.2, 0.25) is 0 Å². The summed E-state index contributed by atoms with van der Waals surface area (Å²) < 4.78 is 1.63. The van der Waals surface area contributed by atoms with E-state index >= 15 is 0 Å². The molecule has 112 valence electrons. The second-order valence-electron chi connectivity index (χ2n) is 5.32. The van der Waals surface area contributed by atoms with Crippen LogP contribution in [0.4, 0.5) is 0 Å². The lowest BCUT2D eigenvalue weighted by molar-refractivity contribution is -0.137. The normalized spacial score (nSPS) is 11.0. The van der Waals surface area contributed by atoms with Gasteiger partial charge in [0.15, 0.2) is 11.5 Å². The van der Waals surface area contributed by atoms with Crippen LogP contribution < -0.4 is 0 Å². The Morgan fingerprint density at radius 3 is 2.77 bits per heavy atom. The van der Waals surface area contributed by atoms with Crippen LogP contribution in [0.25, 0.3) is 16.9 Å². The number of hydrogen-bond acceptors (Lipinski definition) is 4. The van der Waals surface area contributed by atoms with Crippen molar-refractivity contribution in [3.8, 4) is 11.3 Å². The summed E-state index contributed by atoms with van der Waals surface area (Å²) >= 11 is 0. The molecule has 0 radical (unpaired) electrons. The maximum absolute atomic E-state index is 10.7. The Hall–Kier alpha value is -2.76. The van der Waals surface area contributed by atoms with Crippen LogP contribution in [-0.4, -0.2) is 30.9 Å². The first kappa shape index (κ1) is 14.2. The summed E-state index contributed by atoms with van der Waals surface area (Å²) in [7, 11) is 0. The third kappa shape index (κ3) is 2.67. The van der Waals surface area contributed by atoms with E-state index in [1.54, 1.807) is 4.52 Å². The van der Waals surface area contributed by atoms with Crippen LogP contribution in [0.15, 0.2) is 30.3 Å². The van der Waals surface area contributed by atoms with Crippen molar-refractivity contribution in [2.75, 3.05) is 0 Å². The zero-order valence-electron chi connectivity index (χ0n) is 12.4. The van der Waals surface area contributed by atoms with Crippen LogP contribution in [0.1, 0.15) is 23.4 Å². The van der Waals surface area contributed by atoms with E-state index in [-0.39, 0.29) is 6.42 Å². The number of benzene rings is 1. The number of fused-ring (bicyclic) bond motifs is 1. The van der Waals surface area contributed by atoms with Gasteiger partial charge in [0, 0.05) is 12.0 Å². The second-order valence-corrected chi connectivity index (χ2v) is 5.32. The number of nitrogens with zero attached hydrogens (tertiary/aromatic N) is 4. The van der Waals surface area contributed by atoms with Crippen LogP contribution in [-0.2, 0) is 11.2 Å². The average molecular weight is 296 g/mol. The first-order valence-electron chi connectivity index (χ1n) is 7.05. The molecule has 2 heterocycles. The third-order valence-corrected chi connectivity index (χ3v) is 3.56. The van der Waals surface area contributed by atoms with Crippen molar-refractivity contribution in [3.63, 3.8) is 0 Å². The summed E-state index contributed by atoms with van der Waals surface area (Å²) in [4.78, 5) is 10.7. The first-order valence-corrected chi connectivity index (χ1v) is 7.05. The lowest BCUT2D eigenvalue weighted by atomic mass is 10.0. The maximum Gasteiger partial charge on any atom is 0.303 e. The molecule has 1 aromatic carbocycles. The number of aryl methyl sites for hydroxylation is 3. The molecule has 3 aromatic rings. The van der Waals surface area contributed by atoms with E-state index in [2.05, 4.69) is 33.5 Å². The molecule has 0 spiro atoms. The number of aromatic nitrogens is 4. The van der Waals surface area contributed by atoms with Crippen molar-refractivity contribution in [1.29, 1.82) is 0 Å². The van der Waals surface area contributed by atoms with Crippen LogP contribution in [0.3, 0.4) is 0 Å². The molecular weight excluding hydrogens is 280 g/mol. The number of rotatable bonds is 4. The molecule has 0 aliphatic heterocycles. The number of carboxylic acid groups (broad SMARTS) is 1.